The lowest BCUT2D eigenvalue weighted by atomic mass is 10.0. The number of imidazole rings is 1. The van der Waals surface area contributed by atoms with Gasteiger partial charge in [0.25, 0.3) is 5.91 Å². The second-order valence-corrected chi connectivity index (χ2v) is 5.99. The van der Waals surface area contributed by atoms with Crippen molar-refractivity contribution in [1.82, 2.24) is 20.0 Å². The van der Waals surface area contributed by atoms with Crippen LogP contribution in [0.2, 0.25) is 0 Å². The second kappa shape index (κ2) is 7.43. The molecule has 0 radical (unpaired) electrons. The molecule has 1 N–H and O–H groups in total. The van der Waals surface area contributed by atoms with Gasteiger partial charge >= 0.3 is 0 Å². The highest BCUT2D eigenvalue weighted by Crippen LogP contribution is 2.24. The molecule has 0 saturated carbocycles. The molecule has 0 aliphatic carbocycles. The van der Waals surface area contributed by atoms with Crippen molar-refractivity contribution in [3.63, 3.8) is 0 Å². The number of benzene rings is 1. The van der Waals surface area contributed by atoms with Crippen LogP contribution in [0.1, 0.15) is 46.2 Å². The summed E-state index contributed by atoms with van der Waals surface area (Å²) in [4.78, 5) is 17.4. The van der Waals surface area contributed by atoms with Gasteiger partial charge in [-0.2, -0.15) is 0 Å². The predicted molar refractivity (Wildman–Crippen MR) is 96.1 cm³/mol. The molecule has 0 aliphatic rings. The highest BCUT2D eigenvalue weighted by Gasteiger charge is 2.25. The third-order valence-corrected chi connectivity index (χ3v) is 4.34. The molecule has 3 aromatic rings. The molecule has 3 rings (SSSR count). The zero-order valence-electron chi connectivity index (χ0n) is 15.3. The summed E-state index contributed by atoms with van der Waals surface area (Å²) in [6.45, 7) is 3.68. The first-order chi connectivity index (χ1) is 12.5. The Labute approximate surface area is 152 Å². The van der Waals surface area contributed by atoms with Crippen LogP contribution in [0, 0.1) is 6.92 Å². The van der Waals surface area contributed by atoms with Crippen molar-refractivity contribution < 1.29 is 14.1 Å². The molecule has 7 nitrogen and oxygen atoms in total. The summed E-state index contributed by atoms with van der Waals surface area (Å²) in [5.74, 6) is 1.76. The molecule has 7 heteroatoms. The quantitative estimate of drug-likeness (QED) is 0.736. The Balaban J connectivity index is 1.97. The second-order valence-electron chi connectivity index (χ2n) is 5.99. The van der Waals surface area contributed by atoms with Crippen molar-refractivity contribution in [2.45, 2.75) is 26.3 Å². The van der Waals surface area contributed by atoms with Gasteiger partial charge < -0.3 is 19.1 Å². The fourth-order valence-electron chi connectivity index (χ4n) is 2.90. The molecule has 26 heavy (non-hydrogen) atoms. The number of hydrogen-bond acceptors (Lipinski definition) is 5. The minimum atomic E-state index is -0.410. The number of aromatic nitrogens is 3. The molecule has 2 aromatic heterocycles. The number of ether oxygens (including phenoxy) is 1. The molecule has 1 amide bonds. The van der Waals surface area contributed by atoms with E-state index in [9.17, 15) is 4.79 Å². The number of carbonyl (C=O) groups is 1. The first-order valence-electron chi connectivity index (χ1n) is 8.42. The van der Waals surface area contributed by atoms with E-state index in [0.717, 1.165) is 17.1 Å². The van der Waals surface area contributed by atoms with Gasteiger partial charge in [0.15, 0.2) is 0 Å². The molecular weight excluding hydrogens is 332 g/mol. The Kier molecular flexibility index (Phi) is 5.06. The summed E-state index contributed by atoms with van der Waals surface area (Å²) in [5, 5.41) is 7.03. The zero-order valence-corrected chi connectivity index (χ0v) is 15.3. The largest absolute Gasteiger partial charge is 0.497 e. The number of methoxy groups -OCH3 is 1. The van der Waals surface area contributed by atoms with E-state index in [2.05, 4.69) is 15.5 Å². The van der Waals surface area contributed by atoms with Crippen molar-refractivity contribution in [2.24, 2.45) is 7.05 Å². The summed E-state index contributed by atoms with van der Waals surface area (Å²) in [6.07, 6.45) is 4.18. The van der Waals surface area contributed by atoms with E-state index < -0.39 is 6.04 Å². The van der Waals surface area contributed by atoms with Gasteiger partial charge in [0.05, 0.1) is 12.8 Å². The number of aryl methyl sites for hydroxylation is 3. The van der Waals surface area contributed by atoms with Gasteiger partial charge in [0, 0.05) is 19.4 Å². The molecule has 136 valence electrons. The number of carbonyl (C=O) groups excluding carboxylic acids is 1. The van der Waals surface area contributed by atoms with Crippen LogP contribution in [0.5, 0.6) is 5.75 Å². The van der Waals surface area contributed by atoms with Gasteiger partial charge in [0.2, 0.25) is 0 Å². The van der Waals surface area contributed by atoms with Crippen molar-refractivity contribution in [1.29, 1.82) is 0 Å². The highest BCUT2D eigenvalue weighted by atomic mass is 16.5. The lowest BCUT2D eigenvalue weighted by molar-refractivity contribution is 0.0939. The first kappa shape index (κ1) is 17.7. The van der Waals surface area contributed by atoms with Crippen molar-refractivity contribution in [3.8, 4) is 5.75 Å². The van der Waals surface area contributed by atoms with Crippen LogP contribution in [0.4, 0.5) is 0 Å². The van der Waals surface area contributed by atoms with Crippen LogP contribution in [0.25, 0.3) is 0 Å². The molecular formula is C19H22N4O3. The molecule has 1 aromatic carbocycles. The summed E-state index contributed by atoms with van der Waals surface area (Å²) >= 11 is 0. The number of rotatable bonds is 6. The predicted octanol–water partition coefficient (Wildman–Crippen LogP) is 2.81. The Morgan fingerprint density at radius 2 is 2.08 bits per heavy atom. The van der Waals surface area contributed by atoms with E-state index >= 15 is 0 Å². The standard InChI is InChI=1S/C19H22N4O3/c1-5-15-16(12(2)26-22-15)19(24)21-17(18-20-10-11-23(18)3)13-6-8-14(25-4)9-7-13/h6-11,17H,5H2,1-4H3,(H,21,24)/t17-/m0/s1. The highest BCUT2D eigenvalue weighted by molar-refractivity contribution is 5.96. The average Bonchev–Trinajstić information content (AvgIpc) is 3.25. The molecule has 0 fully saturated rings. The topological polar surface area (TPSA) is 82.2 Å². The molecule has 0 saturated heterocycles. The van der Waals surface area contributed by atoms with E-state index in [1.54, 1.807) is 20.2 Å². The van der Waals surface area contributed by atoms with E-state index in [-0.39, 0.29) is 5.91 Å². The Bertz CT molecular complexity index is 896. The smallest absolute Gasteiger partial charge is 0.257 e. The van der Waals surface area contributed by atoms with Crippen LogP contribution in [0.15, 0.2) is 41.2 Å². The van der Waals surface area contributed by atoms with E-state index in [1.165, 1.54) is 0 Å². The fourth-order valence-corrected chi connectivity index (χ4v) is 2.90. The van der Waals surface area contributed by atoms with Crippen molar-refractivity contribution >= 4 is 5.91 Å². The Hall–Kier alpha value is -3.09. The summed E-state index contributed by atoms with van der Waals surface area (Å²) in [6, 6.07) is 7.14. The Morgan fingerprint density at radius 1 is 1.35 bits per heavy atom. The Morgan fingerprint density at radius 3 is 2.65 bits per heavy atom. The van der Waals surface area contributed by atoms with Crippen LogP contribution < -0.4 is 10.1 Å². The van der Waals surface area contributed by atoms with Gasteiger partial charge in [-0.05, 0) is 31.0 Å². The number of nitrogens with zero attached hydrogens (tertiary/aromatic N) is 3. The lowest BCUT2D eigenvalue weighted by Crippen LogP contribution is -2.31. The number of hydrogen-bond donors (Lipinski definition) is 1. The molecule has 0 aliphatic heterocycles. The van der Waals surface area contributed by atoms with Crippen molar-refractivity contribution in [2.75, 3.05) is 7.11 Å². The average molecular weight is 354 g/mol. The lowest BCUT2D eigenvalue weighted by Gasteiger charge is -2.19. The summed E-state index contributed by atoms with van der Waals surface area (Å²) < 4.78 is 12.3. The van der Waals surface area contributed by atoms with Gasteiger partial charge in [-0.25, -0.2) is 4.98 Å². The maximum absolute atomic E-state index is 12.9. The van der Waals surface area contributed by atoms with Gasteiger partial charge in [-0.15, -0.1) is 0 Å². The fraction of sp³-hybridized carbons (Fsp3) is 0.316. The maximum Gasteiger partial charge on any atom is 0.257 e. The van der Waals surface area contributed by atoms with Gasteiger partial charge in [-0.3, -0.25) is 4.79 Å². The van der Waals surface area contributed by atoms with Crippen LogP contribution >= 0.6 is 0 Å². The monoisotopic (exact) mass is 354 g/mol. The third kappa shape index (κ3) is 3.33. The normalized spacial score (nSPS) is 12.0. The van der Waals surface area contributed by atoms with E-state index in [4.69, 9.17) is 9.26 Å². The SMILES string of the molecule is CCc1noc(C)c1C(=O)N[C@@H](c1ccc(OC)cc1)c1nccn1C. The first-order valence-corrected chi connectivity index (χ1v) is 8.42. The summed E-state index contributed by atoms with van der Waals surface area (Å²) in [5.41, 5.74) is 2.04. The summed E-state index contributed by atoms with van der Waals surface area (Å²) in [7, 11) is 3.51. The molecule has 1 atom stereocenters. The molecule has 2 heterocycles. The maximum atomic E-state index is 12.9. The minimum absolute atomic E-state index is 0.232. The zero-order chi connectivity index (χ0) is 18.7. The van der Waals surface area contributed by atoms with Gasteiger partial charge in [-0.1, -0.05) is 24.2 Å². The van der Waals surface area contributed by atoms with Gasteiger partial charge in [0.1, 0.15) is 28.9 Å². The third-order valence-electron chi connectivity index (χ3n) is 4.34. The van der Waals surface area contributed by atoms with Crippen molar-refractivity contribution in [3.05, 3.63) is 65.1 Å². The number of amides is 1. The molecule has 0 unspecified atom stereocenters. The molecule has 0 bridgehead atoms. The van der Waals surface area contributed by atoms with Crippen LogP contribution in [0.3, 0.4) is 0 Å². The van der Waals surface area contributed by atoms with Crippen LogP contribution in [-0.2, 0) is 13.5 Å². The number of nitrogens with one attached hydrogen (secondary N) is 1. The van der Waals surface area contributed by atoms with E-state index in [0.29, 0.717) is 23.4 Å². The molecule has 0 spiro atoms. The van der Waals surface area contributed by atoms with E-state index in [1.807, 2.05) is 49.0 Å². The minimum Gasteiger partial charge on any atom is -0.497 e. The van der Waals surface area contributed by atoms with Crippen LogP contribution in [-0.4, -0.2) is 27.7 Å².